The van der Waals surface area contributed by atoms with E-state index >= 15 is 0 Å². The summed E-state index contributed by atoms with van der Waals surface area (Å²) in [6.45, 7) is 1.82. The summed E-state index contributed by atoms with van der Waals surface area (Å²) in [4.78, 5) is 15.0. The van der Waals surface area contributed by atoms with E-state index in [1.54, 1.807) is 11.0 Å². The number of nitrogens with zero attached hydrogens (tertiary/aromatic N) is 2. The number of benzene rings is 2. The SMILES string of the molecule is COc1ccc(S(=O)(=O)N2CCCc3ccccc32)cc1C(=O)N1CCCCC1. The highest BCUT2D eigenvalue weighted by Crippen LogP contribution is 2.33. The smallest absolute Gasteiger partial charge is 0.264 e. The molecule has 0 spiro atoms. The summed E-state index contributed by atoms with van der Waals surface area (Å²) in [7, 11) is -2.28. The normalized spacial score (nSPS) is 17.0. The van der Waals surface area contributed by atoms with Gasteiger partial charge in [0, 0.05) is 19.6 Å². The highest BCUT2D eigenvalue weighted by molar-refractivity contribution is 7.92. The summed E-state index contributed by atoms with van der Waals surface area (Å²) in [6, 6.07) is 12.2. The van der Waals surface area contributed by atoms with Crippen molar-refractivity contribution in [3.63, 3.8) is 0 Å². The second-order valence-electron chi connectivity index (χ2n) is 7.52. The fourth-order valence-corrected chi connectivity index (χ4v) is 5.73. The molecule has 7 heteroatoms. The molecule has 2 heterocycles. The lowest BCUT2D eigenvalue weighted by atomic mass is 10.0. The summed E-state index contributed by atoms with van der Waals surface area (Å²) in [5.41, 5.74) is 2.06. The highest BCUT2D eigenvalue weighted by atomic mass is 32.2. The van der Waals surface area contributed by atoms with E-state index in [2.05, 4.69) is 0 Å². The molecule has 2 aromatic carbocycles. The molecule has 154 valence electrons. The average molecular weight is 415 g/mol. The molecule has 0 aromatic heterocycles. The van der Waals surface area contributed by atoms with E-state index in [-0.39, 0.29) is 10.8 Å². The number of sulfonamides is 1. The number of aryl methyl sites for hydroxylation is 1. The van der Waals surface area contributed by atoms with Gasteiger partial charge >= 0.3 is 0 Å². The van der Waals surface area contributed by atoms with Crippen molar-refractivity contribution in [1.29, 1.82) is 0 Å². The van der Waals surface area contributed by atoms with Crippen LogP contribution in [0.5, 0.6) is 5.75 Å². The van der Waals surface area contributed by atoms with Crippen LogP contribution in [-0.4, -0.2) is 46.0 Å². The number of para-hydroxylation sites is 1. The maximum absolute atomic E-state index is 13.5. The van der Waals surface area contributed by atoms with E-state index < -0.39 is 10.0 Å². The Morgan fingerprint density at radius 2 is 1.72 bits per heavy atom. The Balaban J connectivity index is 1.73. The van der Waals surface area contributed by atoms with Crippen molar-refractivity contribution in [3.05, 3.63) is 53.6 Å². The van der Waals surface area contributed by atoms with Crippen molar-refractivity contribution in [2.45, 2.75) is 37.0 Å². The lowest BCUT2D eigenvalue weighted by molar-refractivity contribution is 0.0720. The highest BCUT2D eigenvalue weighted by Gasteiger charge is 2.31. The van der Waals surface area contributed by atoms with Crippen LogP contribution < -0.4 is 9.04 Å². The number of carbonyl (C=O) groups is 1. The van der Waals surface area contributed by atoms with Crippen molar-refractivity contribution in [2.24, 2.45) is 0 Å². The number of amides is 1. The van der Waals surface area contributed by atoms with Crippen LogP contribution in [0.15, 0.2) is 47.4 Å². The zero-order chi connectivity index (χ0) is 20.4. The Morgan fingerprint density at radius 1 is 0.966 bits per heavy atom. The van der Waals surface area contributed by atoms with Gasteiger partial charge in [-0.05, 0) is 61.9 Å². The molecule has 0 atom stereocenters. The quantitative estimate of drug-likeness (QED) is 0.768. The molecule has 4 rings (SSSR count). The van der Waals surface area contributed by atoms with Crippen molar-refractivity contribution >= 4 is 21.6 Å². The zero-order valence-corrected chi connectivity index (χ0v) is 17.5. The van der Waals surface area contributed by atoms with Gasteiger partial charge in [-0.2, -0.15) is 0 Å². The molecule has 0 N–H and O–H groups in total. The lowest BCUT2D eigenvalue weighted by Gasteiger charge is -2.31. The van der Waals surface area contributed by atoms with Gasteiger partial charge in [0.1, 0.15) is 5.75 Å². The first-order chi connectivity index (χ1) is 14.0. The van der Waals surface area contributed by atoms with Crippen LogP contribution in [0.1, 0.15) is 41.6 Å². The molecule has 2 aromatic rings. The first kappa shape index (κ1) is 19.8. The van der Waals surface area contributed by atoms with Gasteiger partial charge in [0.2, 0.25) is 0 Å². The van der Waals surface area contributed by atoms with Gasteiger partial charge in [-0.1, -0.05) is 18.2 Å². The van der Waals surface area contributed by atoms with E-state index in [1.165, 1.54) is 23.5 Å². The minimum absolute atomic E-state index is 0.121. The number of fused-ring (bicyclic) bond motifs is 1. The Morgan fingerprint density at radius 3 is 2.48 bits per heavy atom. The number of hydrogen-bond donors (Lipinski definition) is 0. The van der Waals surface area contributed by atoms with Gasteiger partial charge in [-0.25, -0.2) is 8.42 Å². The van der Waals surface area contributed by atoms with Gasteiger partial charge in [0.15, 0.2) is 0 Å². The molecule has 0 aliphatic carbocycles. The minimum atomic E-state index is -3.78. The first-order valence-corrected chi connectivity index (χ1v) is 11.5. The monoisotopic (exact) mass is 414 g/mol. The summed E-state index contributed by atoms with van der Waals surface area (Å²) in [5.74, 6) is 0.233. The van der Waals surface area contributed by atoms with Crippen LogP contribution in [0, 0.1) is 0 Å². The van der Waals surface area contributed by atoms with E-state index in [4.69, 9.17) is 4.74 Å². The second kappa shape index (κ2) is 8.06. The molecular formula is C22H26N2O4S. The molecule has 6 nitrogen and oxygen atoms in total. The molecule has 1 amide bonds. The Labute approximate surface area is 172 Å². The number of hydrogen-bond acceptors (Lipinski definition) is 4. The van der Waals surface area contributed by atoms with Gasteiger partial charge in [0.05, 0.1) is 23.3 Å². The average Bonchev–Trinajstić information content (AvgIpc) is 2.78. The third-order valence-corrected chi connectivity index (χ3v) is 7.51. The standard InChI is InChI=1S/C22H26N2O4S/c1-28-21-12-11-18(16-19(21)22(25)23-13-5-2-6-14-23)29(26,27)24-15-7-9-17-8-3-4-10-20(17)24/h3-4,8,10-12,16H,2,5-7,9,13-15H2,1H3. The molecule has 2 aliphatic heterocycles. The molecule has 1 fully saturated rings. The molecule has 0 bridgehead atoms. The van der Waals surface area contributed by atoms with Crippen molar-refractivity contribution in [3.8, 4) is 5.75 Å². The number of likely N-dealkylation sites (tertiary alicyclic amines) is 1. The topological polar surface area (TPSA) is 66.9 Å². The molecule has 29 heavy (non-hydrogen) atoms. The van der Waals surface area contributed by atoms with Gasteiger partial charge in [0.25, 0.3) is 15.9 Å². The van der Waals surface area contributed by atoms with Crippen LogP contribution in [0.4, 0.5) is 5.69 Å². The van der Waals surface area contributed by atoms with E-state index in [0.29, 0.717) is 30.9 Å². The van der Waals surface area contributed by atoms with E-state index in [9.17, 15) is 13.2 Å². The third kappa shape index (κ3) is 3.71. The van der Waals surface area contributed by atoms with E-state index in [1.807, 2.05) is 24.3 Å². The molecule has 0 saturated carbocycles. The Hall–Kier alpha value is -2.54. The summed E-state index contributed by atoms with van der Waals surface area (Å²) in [5, 5.41) is 0. The van der Waals surface area contributed by atoms with Crippen LogP contribution >= 0.6 is 0 Å². The Bertz CT molecular complexity index is 1010. The molecular weight excluding hydrogens is 388 g/mol. The minimum Gasteiger partial charge on any atom is -0.496 e. The maximum atomic E-state index is 13.5. The number of piperidine rings is 1. The number of rotatable bonds is 4. The van der Waals surface area contributed by atoms with Crippen molar-refractivity contribution < 1.29 is 17.9 Å². The van der Waals surface area contributed by atoms with Crippen LogP contribution in [-0.2, 0) is 16.4 Å². The van der Waals surface area contributed by atoms with Crippen molar-refractivity contribution in [2.75, 3.05) is 31.0 Å². The summed E-state index contributed by atoms with van der Waals surface area (Å²) in [6.07, 6.45) is 4.69. The molecule has 0 unspecified atom stereocenters. The number of anilines is 1. The largest absolute Gasteiger partial charge is 0.496 e. The van der Waals surface area contributed by atoms with Crippen LogP contribution in [0.25, 0.3) is 0 Å². The summed E-state index contributed by atoms with van der Waals surface area (Å²) < 4.78 is 33.8. The molecule has 0 radical (unpaired) electrons. The number of methoxy groups -OCH3 is 1. The van der Waals surface area contributed by atoms with Crippen LogP contribution in [0.3, 0.4) is 0 Å². The number of ether oxygens (including phenoxy) is 1. The fraction of sp³-hybridized carbons (Fsp3) is 0.409. The third-order valence-electron chi connectivity index (χ3n) is 5.70. The molecule has 1 saturated heterocycles. The summed E-state index contributed by atoms with van der Waals surface area (Å²) >= 11 is 0. The lowest BCUT2D eigenvalue weighted by Crippen LogP contribution is -2.37. The van der Waals surface area contributed by atoms with Gasteiger partial charge < -0.3 is 9.64 Å². The molecule has 2 aliphatic rings. The first-order valence-electron chi connectivity index (χ1n) is 10.1. The second-order valence-corrected chi connectivity index (χ2v) is 9.39. The Kier molecular flexibility index (Phi) is 5.50. The van der Waals surface area contributed by atoms with E-state index in [0.717, 1.165) is 43.4 Å². The maximum Gasteiger partial charge on any atom is 0.264 e. The predicted octanol–water partition coefficient (Wildman–Crippen LogP) is 3.46. The predicted molar refractivity (Wildman–Crippen MR) is 112 cm³/mol. The van der Waals surface area contributed by atoms with Gasteiger partial charge in [-0.3, -0.25) is 9.10 Å². The van der Waals surface area contributed by atoms with Gasteiger partial charge in [-0.15, -0.1) is 0 Å². The fourth-order valence-electron chi connectivity index (χ4n) is 4.16. The van der Waals surface area contributed by atoms with Crippen molar-refractivity contribution in [1.82, 2.24) is 4.90 Å². The van der Waals surface area contributed by atoms with Crippen LogP contribution in [0.2, 0.25) is 0 Å². The zero-order valence-electron chi connectivity index (χ0n) is 16.6. The number of carbonyl (C=O) groups excluding carboxylic acids is 1.